The van der Waals surface area contributed by atoms with Crippen LogP contribution in [0, 0.1) is 24.0 Å². The first-order chi connectivity index (χ1) is 11.4. The molecule has 0 spiro atoms. The maximum absolute atomic E-state index is 13.5. The minimum atomic E-state index is -1.16. The molecule has 1 aromatic rings. The van der Waals surface area contributed by atoms with E-state index in [-0.39, 0.29) is 42.2 Å². The van der Waals surface area contributed by atoms with Gasteiger partial charge in [-0.3, -0.25) is 4.79 Å². The Balaban J connectivity index is 2.45. The van der Waals surface area contributed by atoms with Crippen LogP contribution < -0.4 is 5.32 Å². The molecule has 0 bridgehead atoms. The third-order valence-electron chi connectivity index (χ3n) is 3.43. The zero-order valence-electron chi connectivity index (χ0n) is 12.7. The number of carbonyl (C=O) groups is 2. The predicted molar refractivity (Wildman–Crippen MR) is 80.6 cm³/mol. The molecule has 6 nitrogen and oxygen atoms in total. The van der Waals surface area contributed by atoms with Crippen LogP contribution >= 0.6 is 0 Å². The van der Waals surface area contributed by atoms with Gasteiger partial charge >= 0.3 is 5.97 Å². The van der Waals surface area contributed by atoms with Crippen LogP contribution in [0.2, 0.25) is 0 Å². The Labute approximate surface area is 136 Å². The lowest BCUT2D eigenvalue weighted by atomic mass is 10.1. The summed E-state index contributed by atoms with van der Waals surface area (Å²) in [6.45, 7) is -0.373. The highest BCUT2D eigenvalue weighted by molar-refractivity contribution is 6.08. The number of ether oxygens (including phenoxy) is 1. The van der Waals surface area contributed by atoms with Crippen molar-refractivity contribution < 1.29 is 28.2 Å². The molecule has 0 aliphatic carbocycles. The highest BCUT2D eigenvalue weighted by atomic mass is 19.2. The number of methoxy groups -OCH3 is 1. The van der Waals surface area contributed by atoms with Crippen LogP contribution in [0.3, 0.4) is 0 Å². The molecule has 0 radical (unpaired) electrons. The van der Waals surface area contributed by atoms with Crippen molar-refractivity contribution in [1.82, 2.24) is 4.90 Å². The lowest BCUT2D eigenvalue weighted by molar-refractivity contribution is -0.136. The van der Waals surface area contributed by atoms with Crippen LogP contribution in [-0.2, 0) is 14.3 Å². The molecule has 1 amide bonds. The van der Waals surface area contributed by atoms with E-state index in [1.807, 2.05) is 0 Å². The second-order valence-electron chi connectivity index (χ2n) is 4.88. The van der Waals surface area contributed by atoms with Gasteiger partial charge in [-0.15, -0.1) is 6.42 Å². The van der Waals surface area contributed by atoms with Crippen LogP contribution in [-0.4, -0.2) is 48.7 Å². The summed E-state index contributed by atoms with van der Waals surface area (Å²) in [7, 11) is 1.15. The van der Waals surface area contributed by atoms with Gasteiger partial charge in [0.25, 0.3) is 5.91 Å². The first kappa shape index (κ1) is 17.4. The van der Waals surface area contributed by atoms with Crippen molar-refractivity contribution >= 4 is 17.6 Å². The molecule has 8 heteroatoms. The second kappa shape index (κ2) is 7.10. The SMILES string of the molecule is C#Cc1cc(F)c(F)cc1NC1=C(C(=O)OC)CN(CCO)C1=O. The number of nitrogens with zero attached hydrogens (tertiary/aromatic N) is 1. The maximum atomic E-state index is 13.5. The van der Waals surface area contributed by atoms with Crippen molar-refractivity contribution in [2.75, 3.05) is 32.1 Å². The highest BCUT2D eigenvalue weighted by Gasteiger charge is 2.34. The van der Waals surface area contributed by atoms with Gasteiger partial charge in [-0.2, -0.15) is 0 Å². The van der Waals surface area contributed by atoms with Gasteiger partial charge in [-0.1, -0.05) is 5.92 Å². The maximum Gasteiger partial charge on any atom is 0.337 e. The molecule has 0 unspecified atom stereocenters. The van der Waals surface area contributed by atoms with Crippen LogP contribution in [0.1, 0.15) is 5.56 Å². The van der Waals surface area contributed by atoms with Gasteiger partial charge in [0.15, 0.2) is 11.6 Å². The largest absolute Gasteiger partial charge is 0.466 e. The van der Waals surface area contributed by atoms with E-state index in [1.54, 1.807) is 0 Å². The lowest BCUT2D eigenvalue weighted by Crippen LogP contribution is -2.31. The van der Waals surface area contributed by atoms with Gasteiger partial charge in [0.2, 0.25) is 0 Å². The predicted octanol–water partition coefficient (Wildman–Crippen LogP) is 0.620. The Morgan fingerprint density at radius 1 is 1.46 bits per heavy atom. The number of carbonyl (C=O) groups excluding carboxylic acids is 2. The summed E-state index contributed by atoms with van der Waals surface area (Å²) in [6, 6.07) is 1.61. The molecule has 1 aromatic carbocycles. The first-order valence-corrected chi connectivity index (χ1v) is 6.87. The molecule has 2 N–H and O–H groups in total. The van der Waals surface area contributed by atoms with Gasteiger partial charge in [0, 0.05) is 12.6 Å². The van der Waals surface area contributed by atoms with E-state index in [0.29, 0.717) is 0 Å². The summed E-state index contributed by atoms with van der Waals surface area (Å²) in [5.74, 6) is -1.45. The van der Waals surface area contributed by atoms with Gasteiger partial charge in [-0.05, 0) is 6.07 Å². The Hall–Kier alpha value is -2.92. The summed E-state index contributed by atoms with van der Waals surface area (Å²) in [5.41, 5.74) is -0.201. The van der Waals surface area contributed by atoms with Crippen molar-refractivity contribution in [2.24, 2.45) is 0 Å². The Morgan fingerprint density at radius 2 is 2.12 bits per heavy atom. The van der Waals surface area contributed by atoms with Crippen LogP contribution in [0.15, 0.2) is 23.4 Å². The standard InChI is InChI=1S/C16H14F2N2O4/c1-3-9-6-11(17)12(18)7-13(9)19-14-10(16(23)24-2)8-20(4-5-21)15(14)22/h1,6-7,19,21H,4-5,8H2,2H3. The number of rotatable bonds is 5. The normalized spacial score (nSPS) is 14.0. The minimum absolute atomic E-state index is 0.00338. The first-order valence-electron chi connectivity index (χ1n) is 6.87. The number of anilines is 1. The fourth-order valence-electron chi connectivity index (χ4n) is 2.25. The van der Waals surface area contributed by atoms with E-state index in [0.717, 1.165) is 19.2 Å². The van der Waals surface area contributed by atoms with Crippen molar-refractivity contribution in [2.45, 2.75) is 0 Å². The summed E-state index contributed by atoms with van der Waals surface area (Å²) < 4.78 is 31.4. The number of hydrogen-bond acceptors (Lipinski definition) is 5. The lowest BCUT2D eigenvalue weighted by Gasteiger charge is -2.15. The number of aliphatic hydroxyl groups excluding tert-OH is 1. The van der Waals surface area contributed by atoms with E-state index < -0.39 is 23.5 Å². The molecular weight excluding hydrogens is 322 g/mol. The number of benzene rings is 1. The number of esters is 1. The van der Waals surface area contributed by atoms with Crippen LogP contribution in [0.4, 0.5) is 14.5 Å². The average Bonchev–Trinajstić information content (AvgIpc) is 2.87. The molecule has 1 heterocycles. The highest BCUT2D eigenvalue weighted by Crippen LogP contribution is 2.26. The van der Waals surface area contributed by atoms with E-state index in [1.165, 1.54) is 4.90 Å². The topological polar surface area (TPSA) is 78.9 Å². The zero-order chi connectivity index (χ0) is 17.9. The van der Waals surface area contributed by atoms with Crippen LogP contribution in [0.5, 0.6) is 0 Å². The third-order valence-corrected chi connectivity index (χ3v) is 3.43. The smallest absolute Gasteiger partial charge is 0.337 e. The molecule has 1 aliphatic rings. The van der Waals surface area contributed by atoms with Gasteiger partial charge in [0.05, 0.1) is 37.1 Å². The monoisotopic (exact) mass is 336 g/mol. The minimum Gasteiger partial charge on any atom is -0.466 e. The number of halogens is 2. The molecule has 0 saturated heterocycles. The molecule has 0 aromatic heterocycles. The fourth-order valence-corrected chi connectivity index (χ4v) is 2.25. The van der Waals surface area contributed by atoms with Crippen molar-refractivity contribution in [3.05, 3.63) is 40.6 Å². The fraction of sp³-hybridized carbons (Fsp3) is 0.250. The zero-order valence-corrected chi connectivity index (χ0v) is 12.7. The van der Waals surface area contributed by atoms with Gasteiger partial charge < -0.3 is 20.1 Å². The Bertz CT molecular complexity index is 768. The quantitative estimate of drug-likeness (QED) is 0.609. The second-order valence-corrected chi connectivity index (χ2v) is 4.88. The average molecular weight is 336 g/mol. The van der Waals surface area contributed by atoms with Gasteiger partial charge in [-0.25, -0.2) is 13.6 Å². The van der Waals surface area contributed by atoms with E-state index >= 15 is 0 Å². The number of terminal acetylenes is 1. The third kappa shape index (κ3) is 3.21. The summed E-state index contributed by atoms with van der Waals surface area (Å²) >= 11 is 0. The van der Waals surface area contributed by atoms with E-state index in [2.05, 4.69) is 16.0 Å². The molecule has 0 fully saturated rings. The summed E-state index contributed by atoms with van der Waals surface area (Å²) in [6.07, 6.45) is 5.26. The molecule has 1 aliphatic heterocycles. The van der Waals surface area contributed by atoms with Crippen molar-refractivity contribution in [3.8, 4) is 12.3 Å². The Kier molecular flexibility index (Phi) is 5.16. The van der Waals surface area contributed by atoms with E-state index in [9.17, 15) is 18.4 Å². The summed E-state index contributed by atoms with van der Waals surface area (Å²) in [4.78, 5) is 25.4. The summed E-state index contributed by atoms with van der Waals surface area (Å²) in [5, 5.41) is 11.6. The molecule has 0 saturated carbocycles. The Morgan fingerprint density at radius 3 is 2.71 bits per heavy atom. The number of β-amino-alcohol motifs (C(OH)–C–C–N with tert-alkyl or cyclic N) is 1. The molecule has 126 valence electrons. The number of nitrogens with one attached hydrogen (secondary N) is 1. The molecule has 24 heavy (non-hydrogen) atoms. The van der Waals surface area contributed by atoms with Crippen LogP contribution in [0.25, 0.3) is 0 Å². The number of hydrogen-bond donors (Lipinski definition) is 2. The molecule has 0 atom stereocenters. The van der Waals surface area contributed by atoms with E-state index in [4.69, 9.17) is 11.5 Å². The molecule has 2 rings (SSSR count). The number of amides is 1. The van der Waals surface area contributed by atoms with Crippen molar-refractivity contribution in [3.63, 3.8) is 0 Å². The number of aliphatic hydroxyl groups is 1. The van der Waals surface area contributed by atoms with Crippen molar-refractivity contribution in [1.29, 1.82) is 0 Å². The van der Waals surface area contributed by atoms with Gasteiger partial charge in [0.1, 0.15) is 5.70 Å². The molecular formula is C16H14F2N2O4.